The van der Waals surface area contributed by atoms with E-state index in [-0.39, 0.29) is 0 Å². The van der Waals surface area contributed by atoms with Gasteiger partial charge in [0.1, 0.15) is 0 Å². The van der Waals surface area contributed by atoms with Crippen LogP contribution in [0.2, 0.25) is 0 Å². The Morgan fingerprint density at radius 3 is 2.00 bits per heavy atom. The van der Waals surface area contributed by atoms with Crippen LogP contribution in [0, 0.1) is 20.2 Å². The first-order valence-electron chi connectivity index (χ1n) is 5.83. The van der Waals surface area contributed by atoms with E-state index in [0.717, 1.165) is 0 Å². The third-order valence-electron chi connectivity index (χ3n) is 2.98. The highest BCUT2D eigenvalue weighted by Crippen LogP contribution is 2.56. The van der Waals surface area contributed by atoms with Gasteiger partial charge in [-0.2, -0.15) is 26.3 Å². The predicted molar refractivity (Wildman–Crippen MR) is 65.5 cm³/mol. The minimum absolute atomic E-state index is 0.392. The Morgan fingerprint density at radius 2 is 1.60 bits per heavy atom. The van der Waals surface area contributed by atoms with Gasteiger partial charge >= 0.3 is 29.5 Å². The number of halogens is 7. The Bertz CT molecular complexity index is 753. The fourth-order valence-corrected chi connectivity index (χ4v) is 2.17. The van der Waals surface area contributed by atoms with Gasteiger partial charge < -0.3 is 9.47 Å². The summed E-state index contributed by atoms with van der Waals surface area (Å²) < 4.78 is 86.1. The van der Waals surface area contributed by atoms with Crippen LogP contribution in [0.1, 0.15) is 0 Å². The molecule has 0 saturated heterocycles. The van der Waals surface area contributed by atoms with Crippen molar-refractivity contribution in [3.63, 3.8) is 0 Å². The van der Waals surface area contributed by atoms with E-state index in [9.17, 15) is 46.6 Å². The number of benzene rings is 1. The molecular weight excluding hydrogens is 394 g/mol. The van der Waals surface area contributed by atoms with Crippen molar-refractivity contribution in [1.82, 2.24) is 0 Å². The summed E-state index contributed by atoms with van der Waals surface area (Å²) in [5.41, 5.74) is -2.90. The summed E-state index contributed by atoms with van der Waals surface area (Å²) in [6.07, 6.45) is -11.6. The lowest BCUT2D eigenvalue weighted by molar-refractivity contribution is -0.423. The molecule has 1 aliphatic heterocycles. The van der Waals surface area contributed by atoms with Crippen molar-refractivity contribution in [2.75, 3.05) is 0 Å². The molecule has 0 N–H and O–H groups in total. The largest absolute Gasteiger partial charge is 0.470 e. The molecule has 8 nitrogen and oxygen atoms in total. The SMILES string of the molecule is O=[N+]([O-])c1ccc2c(c1[N+](=O)[O-])OC(C(Cl)C(F)(F)F)(C(F)(F)F)O2. The van der Waals surface area contributed by atoms with Crippen molar-refractivity contribution < 1.29 is 45.7 Å². The summed E-state index contributed by atoms with van der Waals surface area (Å²) >= 11 is 4.83. The lowest BCUT2D eigenvalue weighted by Gasteiger charge is -2.33. The topological polar surface area (TPSA) is 105 Å². The van der Waals surface area contributed by atoms with Gasteiger partial charge in [-0.15, -0.1) is 11.6 Å². The molecule has 1 aromatic rings. The summed E-state index contributed by atoms with van der Waals surface area (Å²) in [4.78, 5) is 18.9. The molecular formula is C10H3ClF6N2O6. The number of nitro groups is 2. The minimum atomic E-state index is -5.89. The zero-order valence-electron chi connectivity index (χ0n) is 11.2. The van der Waals surface area contributed by atoms with Gasteiger partial charge in [0.05, 0.1) is 9.85 Å². The third kappa shape index (κ3) is 2.85. The van der Waals surface area contributed by atoms with E-state index in [1.54, 1.807) is 0 Å². The molecule has 1 heterocycles. The van der Waals surface area contributed by atoms with Gasteiger partial charge in [-0.05, 0) is 6.07 Å². The number of rotatable bonds is 3. The summed E-state index contributed by atoms with van der Waals surface area (Å²) in [6, 6.07) is 0.831. The molecule has 0 bridgehead atoms. The second kappa shape index (κ2) is 5.50. The molecule has 0 radical (unpaired) electrons. The standard InChI is InChI=1S/C10H3ClF6N2O6/c11-7(9(12,13)14)8(10(15,16)17)24-4-2-1-3(18(20)21)5(19(22)23)6(4)25-8/h1-2,7H. The Kier molecular flexibility index (Phi) is 4.14. The monoisotopic (exact) mass is 396 g/mol. The van der Waals surface area contributed by atoms with E-state index < -0.39 is 56.2 Å². The number of alkyl halides is 7. The normalized spacial score (nSPS) is 21.1. The Morgan fingerprint density at radius 1 is 1.04 bits per heavy atom. The first kappa shape index (κ1) is 18.8. The van der Waals surface area contributed by atoms with Crippen LogP contribution >= 0.6 is 11.6 Å². The van der Waals surface area contributed by atoms with E-state index >= 15 is 0 Å². The molecule has 25 heavy (non-hydrogen) atoms. The van der Waals surface area contributed by atoms with Crippen molar-refractivity contribution in [2.24, 2.45) is 0 Å². The summed E-state index contributed by atoms with van der Waals surface area (Å²) in [5.74, 6) is -7.18. The molecule has 138 valence electrons. The van der Waals surface area contributed by atoms with Gasteiger partial charge in [0.2, 0.25) is 5.38 Å². The van der Waals surface area contributed by atoms with E-state index in [2.05, 4.69) is 9.47 Å². The highest BCUT2D eigenvalue weighted by molar-refractivity contribution is 6.22. The molecule has 2 atom stereocenters. The lowest BCUT2D eigenvalue weighted by atomic mass is 10.1. The van der Waals surface area contributed by atoms with E-state index in [4.69, 9.17) is 11.6 Å². The maximum atomic E-state index is 13.2. The lowest BCUT2D eigenvalue weighted by Crippen LogP contribution is -2.63. The Labute approximate surface area is 137 Å². The number of hydrogen-bond acceptors (Lipinski definition) is 6. The summed E-state index contributed by atoms with van der Waals surface area (Å²) in [7, 11) is 0. The zero-order chi connectivity index (χ0) is 19.4. The highest BCUT2D eigenvalue weighted by atomic mass is 35.5. The van der Waals surface area contributed by atoms with Crippen molar-refractivity contribution in [2.45, 2.75) is 23.5 Å². The van der Waals surface area contributed by atoms with Gasteiger partial charge in [-0.3, -0.25) is 20.2 Å². The predicted octanol–water partition coefficient (Wildman–Crippen LogP) is 3.70. The van der Waals surface area contributed by atoms with Crippen LogP contribution in [0.25, 0.3) is 0 Å². The fourth-order valence-electron chi connectivity index (χ4n) is 1.96. The fraction of sp³-hybridized carbons (Fsp3) is 0.400. The van der Waals surface area contributed by atoms with Crippen LogP contribution in [-0.2, 0) is 0 Å². The van der Waals surface area contributed by atoms with Gasteiger partial charge in [0, 0.05) is 6.07 Å². The molecule has 0 aliphatic carbocycles. The number of ether oxygens (including phenoxy) is 2. The maximum absolute atomic E-state index is 13.2. The van der Waals surface area contributed by atoms with Gasteiger partial charge in [-0.25, -0.2) is 0 Å². The highest BCUT2D eigenvalue weighted by Gasteiger charge is 2.75. The quantitative estimate of drug-likeness (QED) is 0.334. The van der Waals surface area contributed by atoms with Crippen LogP contribution in [0.15, 0.2) is 12.1 Å². The maximum Gasteiger partial charge on any atom is 0.470 e. The van der Waals surface area contributed by atoms with E-state index in [0.29, 0.717) is 12.1 Å². The molecule has 1 aliphatic rings. The van der Waals surface area contributed by atoms with Crippen molar-refractivity contribution in [3.8, 4) is 11.5 Å². The minimum Gasteiger partial charge on any atom is -0.439 e. The van der Waals surface area contributed by atoms with Crippen LogP contribution in [-0.4, -0.2) is 33.4 Å². The molecule has 0 saturated carbocycles. The first-order chi connectivity index (χ1) is 11.2. The average Bonchev–Trinajstić information content (AvgIpc) is 2.83. The molecule has 1 aromatic carbocycles. The Hall–Kier alpha value is -2.51. The van der Waals surface area contributed by atoms with Gasteiger partial charge in [0.15, 0.2) is 5.75 Å². The molecule has 0 amide bonds. The number of nitro benzene ring substituents is 2. The van der Waals surface area contributed by atoms with Crippen LogP contribution in [0.4, 0.5) is 37.7 Å². The first-order valence-corrected chi connectivity index (χ1v) is 6.27. The molecule has 0 fully saturated rings. The molecule has 2 unspecified atom stereocenters. The third-order valence-corrected chi connectivity index (χ3v) is 3.52. The zero-order valence-corrected chi connectivity index (χ0v) is 12.0. The van der Waals surface area contributed by atoms with Crippen molar-refractivity contribution in [3.05, 3.63) is 32.4 Å². The van der Waals surface area contributed by atoms with Crippen LogP contribution in [0.3, 0.4) is 0 Å². The van der Waals surface area contributed by atoms with Crippen LogP contribution in [0.5, 0.6) is 11.5 Å². The summed E-state index contributed by atoms with van der Waals surface area (Å²) in [5, 5.41) is 17.9. The second-order valence-corrected chi connectivity index (χ2v) is 4.98. The molecule has 0 aromatic heterocycles. The van der Waals surface area contributed by atoms with Gasteiger partial charge in [0.25, 0.3) is 5.75 Å². The number of hydrogen-bond donors (Lipinski definition) is 0. The summed E-state index contributed by atoms with van der Waals surface area (Å²) in [6.45, 7) is 0. The second-order valence-electron chi connectivity index (χ2n) is 4.55. The molecule has 2 rings (SSSR count). The average molecular weight is 397 g/mol. The van der Waals surface area contributed by atoms with E-state index in [1.165, 1.54) is 0 Å². The number of fused-ring (bicyclic) bond motifs is 1. The van der Waals surface area contributed by atoms with Gasteiger partial charge in [-0.1, -0.05) is 0 Å². The van der Waals surface area contributed by atoms with Crippen LogP contribution < -0.4 is 9.47 Å². The number of nitrogens with zero attached hydrogens (tertiary/aromatic N) is 2. The molecule has 15 heteroatoms. The van der Waals surface area contributed by atoms with Crippen molar-refractivity contribution in [1.29, 1.82) is 0 Å². The Balaban J connectivity index is 2.70. The molecule has 0 spiro atoms. The smallest absolute Gasteiger partial charge is 0.439 e. The van der Waals surface area contributed by atoms with Crippen molar-refractivity contribution >= 4 is 23.0 Å². The van der Waals surface area contributed by atoms with E-state index in [1.807, 2.05) is 0 Å².